The minimum atomic E-state index is -0.707. The first kappa shape index (κ1) is 34.5. The molecule has 0 fully saturated rings. The van der Waals surface area contributed by atoms with E-state index in [9.17, 15) is 0 Å². The monoisotopic (exact) mass is 738 g/mol. The van der Waals surface area contributed by atoms with Crippen molar-refractivity contribution in [2.24, 2.45) is 0 Å². The van der Waals surface area contributed by atoms with E-state index in [0.29, 0.717) is 0 Å². The van der Waals surface area contributed by atoms with Crippen molar-refractivity contribution in [3.63, 3.8) is 0 Å². The van der Waals surface area contributed by atoms with Crippen molar-refractivity contribution < 1.29 is 4.94 Å². The first-order valence-corrected chi connectivity index (χ1v) is 19.7. The summed E-state index contributed by atoms with van der Waals surface area (Å²) in [5, 5.41) is 6.32. The summed E-state index contributed by atoms with van der Waals surface area (Å²) in [5.74, 6) is 0.880. The molecule has 0 radical (unpaired) electrons. The molecule has 5 nitrogen and oxygen atoms in total. The summed E-state index contributed by atoms with van der Waals surface area (Å²) in [5.41, 5.74) is 12.7. The largest absolute Gasteiger partial charge is 0.294 e. The number of hydrogen-bond donors (Lipinski definition) is 0. The number of hydrogen-bond acceptors (Lipinski definition) is 4. The van der Waals surface area contributed by atoms with Crippen LogP contribution in [0.1, 0.15) is 41.7 Å². The van der Waals surface area contributed by atoms with Crippen molar-refractivity contribution in [2.45, 2.75) is 32.2 Å². The van der Waals surface area contributed by atoms with Gasteiger partial charge in [-0.15, -0.1) is 4.94 Å². The molecule has 10 rings (SSSR count). The second kappa shape index (κ2) is 14.0. The predicted molar refractivity (Wildman–Crippen MR) is 234 cm³/mol. The van der Waals surface area contributed by atoms with E-state index in [-0.39, 0.29) is 6.04 Å². The third-order valence-electron chi connectivity index (χ3n) is 11.4. The molecular weight excluding hydrogens is 697 g/mol. The molecule has 57 heavy (non-hydrogen) atoms. The molecule has 1 aliphatic rings. The van der Waals surface area contributed by atoms with Gasteiger partial charge in [0.2, 0.25) is 0 Å². The van der Waals surface area contributed by atoms with E-state index in [0.717, 1.165) is 50.6 Å². The van der Waals surface area contributed by atoms with E-state index in [1.165, 1.54) is 33.0 Å². The molecule has 2 aromatic heterocycles. The molecule has 3 heterocycles. The second-order valence-electron chi connectivity index (χ2n) is 15.1. The molecule has 9 aromatic rings. The van der Waals surface area contributed by atoms with Crippen LogP contribution in [0.4, 0.5) is 17.1 Å². The Bertz CT molecular complexity index is 2860. The van der Waals surface area contributed by atoms with Gasteiger partial charge in [-0.2, -0.15) is 5.06 Å². The topological polar surface area (TPSA) is 33.5 Å². The van der Waals surface area contributed by atoms with Crippen LogP contribution in [0, 0.1) is 6.92 Å². The molecule has 7 aromatic carbocycles. The highest BCUT2D eigenvalue weighted by Gasteiger charge is 2.40. The van der Waals surface area contributed by atoms with Crippen LogP contribution in [-0.2, 0) is 10.4 Å². The Morgan fingerprint density at radius 1 is 0.526 bits per heavy atom. The molecule has 0 aliphatic carbocycles. The quantitative estimate of drug-likeness (QED) is 0.145. The zero-order valence-corrected chi connectivity index (χ0v) is 32.2. The maximum atomic E-state index is 6.63. The van der Waals surface area contributed by atoms with Gasteiger partial charge in [0.05, 0.1) is 39.6 Å². The van der Waals surface area contributed by atoms with Gasteiger partial charge in [0.15, 0.2) is 0 Å². The number of rotatable bonds is 8. The van der Waals surface area contributed by atoms with Gasteiger partial charge in [-0.1, -0.05) is 140 Å². The van der Waals surface area contributed by atoms with Crippen molar-refractivity contribution in [1.82, 2.24) is 9.55 Å². The van der Waals surface area contributed by atoms with E-state index < -0.39 is 5.41 Å². The first-order valence-electron chi connectivity index (χ1n) is 19.7. The molecule has 0 spiro atoms. The number of anilines is 3. The van der Waals surface area contributed by atoms with E-state index in [1.807, 2.05) is 16.3 Å². The predicted octanol–water partition coefficient (Wildman–Crippen LogP) is 12.7. The summed E-state index contributed by atoms with van der Waals surface area (Å²) < 4.78 is 2.34. The van der Waals surface area contributed by atoms with Gasteiger partial charge in [0, 0.05) is 17.0 Å². The summed E-state index contributed by atoms with van der Waals surface area (Å²) in [6.07, 6.45) is 1.93. The van der Waals surface area contributed by atoms with Crippen molar-refractivity contribution in [2.75, 3.05) is 10.1 Å². The zero-order chi connectivity index (χ0) is 38.5. The van der Waals surface area contributed by atoms with Crippen molar-refractivity contribution in [1.29, 1.82) is 0 Å². The van der Waals surface area contributed by atoms with Crippen LogP contribution in [-0.4, -0.2) is 15.6 Å². The number of fused-ring (bicyclic) bond motifs is 4. The van der Waals surface area contributed by atoms with Crippen LogP contribution in [0.5, 0.6) is 0 Å². The highest BCUT2D eigenvalue weighted by atomic mass is 16.8. The van der Waals surface area contributed by atoms with Crippen LogP contribution in [0.25, 0.3) is 38.8 Å². The lowest BCUT2D eigenvalue weighted by atomic mass is 9.65. The summed E-state index contributed by atoms with van der Waals surface area (Å²) >= 11 is 0. The maximum absolute atomic E-state index is 6.63. The number of aromatic nitrogens is 2. The molecule has 276 valence electrons. The van der Waals surface area contributed by atoms with Gasteiger partial charge in [-0.3, -0.25) is 4.57 Å². The maximum Gasteiger partial charge on any atom is 0.138 e. The van der Waals surface area contributed by atoms with Crippen LogP contribution >= 0.6 is 0 Å². The van der Waals surface area contributed by atoms with Crippen molar-refractivity contribution >= 4 is 38.9 Å². The fraction of sp³-hybridized carbons (Fsp3) is 0.0962. The number of hydroxylamine groups is 1. The minimum absolute atomic E-state index is 0.150. The van der Waals surface area contributed by atoms with Crippen molar-refractivity contribution in [3.05, 3.63) is 222 Å². The molecule has 0 N–H and O–H groups in total. The molecule has 0 unspecified atom stereocenters. The average Bonchev–Trinajstić information content (AvgIpc) is 3.82. The molecule has 0 saturated carbocycles. The first-order chi connectivity index (χ1) is 28.0. The number of pyridine rings is 1. The van der Waals surface area contributed by atoms with Crippen LogP contribution in [0.15, 0.2) is 194 Å². The van der Waals surface area contributed by atoms with E-state index >= 15 is 0 Å². The SMILES string of the molecule is Cc1ccccc1-c1ccnc(-n2c3ccccc3c3ccc(C(c4ccccc4)(c4ccccc4)c4cccc(N5ON(C(C)C)c6ccccc65)c4)cc32)c1. The minimum Gasteiger partial charge on any atom is -0.294 e. The Labute approximate surface area is 333 Å². The van der Waals surface area contributed by atoms with E-state index in [4.69, 9.17) is 9.92 Å². The van der Waals surface area contributed by atoms with Gasteiger partial charge >= 0.3 is 0 Å². The molecule has 0 bridgehead atoms. The molecule has 1 aliphatic heterocycles. The number of aryl methyl sites for hydroxylation is 1. The van der Waals surface area contributed by atoms with Gasteiger partial charge in [0.1, 0.15) is 5.82 Å². The number of nitrogens with zero attached hydrogens (tertiary/aromatic N) is 4. The molecule has 0 atom stereocenters. The number of benzene rings is 7. The van der Waals surface area contributed by atoms with Crippen LogP contribution in [0.3, 0.4) is 0 Å². The van der Waals surface area contributed by atoms with Crippen LogP contribution in [0.2, 0.25) is 0 Å². The third kappa shape index (κ3) is 5.62. The summed E-state index contributed by atoms with van der Waals surface area (Å²) in [4.78, 5) is 11.7. The smallest absolute Gasteiger partial charge is 0.138 e. The lowest BCUT2D eigenvalue weighted by molar-refractivity contribution is 0.112. The van der Waals surface area contributed by atoms with E-state index in [2.05, 4.69) is 213 Å². The van der Waals surface area contributed by atoms with Crippen LogP contribution < -0.4 is 10.1 Å². The lowest BCUT2D eigenvalue weighted by Gasteiger charge is -2.37. The molecular formula is C52H42N4O. The Balaban J connectivity index is 1.24. The standard InChI is InChI=1S/C52H42N4O/c1-36(2)55-48-27-14-15-28-49(48)56(57-55)43-23-16-22-41(34-43)52(39-18-6-4-7-19-39,40-20-8-5-9-21-40)42-29-30-46-45-25-12-13-26-47(45)54(50(46)35-42)51-33-38(31-32-53-51)44-24-11-10-17-37(44)3/h4-36H,1-3H3. The third-order valence-corrected chi connectivity index (χ3v) is 11.4. The Morgan fingerprint density at radius 2 is 1.16 bits per heavy atom. The van der Waals surface area contributed by atoms with Gasteiger partial charge in [-0.25, -0.2) is 10.0 Å². The highest BCUT2D eigenvalue weighted by Crippen LogP contribution is 2.49. The van der Waals surface area contributed by atoms with E-state index in [1.54, 1.807) is 0 Å². The summed E-state index contributed by atoms with van der Waals surface area (Å²) in [7, 11) is 0. The number of para-hydroxylation sites is 3. The Hall–Kier alpha value is -6.95. The molecule has 0 saturated heterocycles. The van der Waals surface area contributed by atoms with Gasteiger partial charge < -0.3 is 0 Å². The molecule has 0 amide bonds. The zero-order valence-electron chi connectivity index (χ0n) is 32.2. The fourth-order valence-corrected chi connectivity index (χ4v) is 8.85. The highest BCUT2D eigenvalue weighted by molar-refractivity contribution is 6.09. The lowest BCUT2D eigenvalue weighted by Crippen LogP contribution is -2.32. The van der Waals surface area contributed by atoms with Gasteiger partial charge in [-0.05, 0) is 108 Å². The average molecular weight is 739 g/mol. The second-order valence-corrected chi connectivity index (χ2v) is 15.1. The molecule has 5 heteroatoms. The summed E-state index contributed by atoms with van der Waals surface area (Å²) in [6, 6.07) is 67.8. The fourth-order valence-electron chi connectivity index (χ4n) is 8.85. The Morgan fingerprint density at radius 3 is 1.91 bits per heavy atom. The summed E-state index contributed by atoms with van der Waals surface area (Å²) in [6.45, 7) is 6.46. The van der Waals surface area contributed by atoms with Crippen molar-refractivity contribution in [3.8, 4) is 16.9 Å². The normalized spacial score (nSPS) is 12.8. The van der Waals surface area contributed by atoms with Gasteiger partial charge in [0.25, 0.3) is 0 Å². The Kier molecular flexibility index (Phi) is 8.46.